The summed E-state index contributed by atoms with van der Waals surface area (Å²) in [4.78, 5) is 13.1. The van der Waals surface area contributed by atoms with E-state index in [9.17, 15) is 0 Å². The first-order chi connectivity index (χ1) is 10.3. The third-order valence-corrected chi connectivity index (χ3v) is 3.37. The zero-order valence-electron chi connectivity index (χ0n) is 11.5. The second-order valence-electron chi connectivity index (χ2n) is 4.48. The van der Waals surface area contributed by atoms with Crippen molar-refractivity contribution in [3.8, 4) is 0 Å². The number of hydrogen-bond acceptors (Lipinski definition) is 5. The smallest absolute Gasteiger partial charge is 0.151 e. The number of rotatable bonds is 4. The zero-order valence-corrected chi connectivity index (χ0v) is 13.1. The van der Waals surface area contributed by atoms with Crippen molar-refractivity contribution in [2.45, 2.75) is 6.92 Å². The van der Waals surface area contributed by atoms with Gasteiger partial charge >= 0.3 is 0 Å². The number of nitrogens with one attached hydrogen (secondary N) is 2. The van der Waals surface area contributed by atoms with Crippen LogP contribution in [0, 0.1) is 0 Å². The van der Waals surface area contributed by atoms with Crippen LogP contribution in [0.5, 0.6) is 0 Å². The molecule has 5 nitrogen and oxygen atoms in total. The lowest BCUT2D eigenvalue weighted by molar-refractivity contribution is 1.12. The lowest BCUT2D eigenvalue weighted by Gasteiger charge is -2.09. The molecule has 0 aliphatic carbocycles. The summed E-state index contributed by atoms with van der Waals surface area (Å²) in [5, 5.41) is 7.48. The lowest BCUT2D eigenvalue weighted by Crippen LogP contribution is -2.02. The minimum absolute atomic E-state index is 0.686. The van der Waals surface area contributed by atoms with E-state index in [0.29, 0.717) is 5.82 Å². The summed E-state index contributed by atoms with van der Waals surface area (Å²) in [6.07, 6.45) is 5.18. The minimum atomic E-state index is 0.686. The SMILES string of the molecule is CCNc1cncc(Nc2cccc3cc(Br)cnc23)n1. The van der Waals surface area contributed by atoms with E-state index >= 15 is 0 Å². The highest BCUT2D eigenvalue weighted by Crippen LogP contribution is 2.26. The standard InChI is InChI=1S/C15H14BrN5/c1-2-18-13-8-17-9-14(21-13)20-12-5-3-4-10-6-11(16)7-19-15(10)12/h3-9H,2H2,1H3,(H2,18,20,21). The summed E-state index contributed by atoms with van der Waals surface area (Å²) in [7, 11) is 0. The molecule has 106 valence electrons. The van der Waals surface area contributed by atoms with E-state index in [2.05, 4.69) is 41.5 Å². The average Bonchev–Trinajstić information content (AvgIpc) is 2.48. The van der Waals surface area contributed by atoms with Gasteiger partial charge in [0.1, 0.15) is 5.82 Å². The highest BCUT2D eigenvalue weighted by atomic mass is 79.9. The van der Waals surface area contributed by atoms with Crippen molar-refractivity contribution >= 4 is 44.2 Å². The molecule has 3 aromatic rings. The van der Waals surface area contributed by atoms with Crippen LogP contribution in [-0.4, -0.2) is 21.5 Å². The molecule has 0 aliphatic heterocycles. The quantitative estimate of drug-likeness (QED) is 0.750. The number of pyridine rings is 1. The molecule has 3 rings (SSSR count). The molecule has 0 unspecified atom stereocenters. The van der Waals surface area contributed by atoms with Crippen LogP contribution in [0.4, 0.5) is 17.3 Å². The summed E-state index contributed by atoms with van der Waals surface area (Å²) >= 11 is 3.44. The van der Waals surface area contributed by atoms with Gasteiger partial charge in [0.15, 0.2) is 5.82 Å². The molecular weight excluding hydrogens is 330 g/mol. The zero-order chi connectivity index (χ0) is 14.7. The van der Waals surface area contributed by atoms with Gasteiger partial charge in [0, 0.05) is 22.6 Å². The molecule has 0 atom stereocenters. The highest BCUT2D eigenvalue weighted by Gasteiger charge is 2.05. The van der Waals surface area contributed by atoms with Gasteiger partial charge in [-0.05, 0) is 35.0 Å². The van der Waals surface area contributed by atoms with E-state index < -0.39 is 0 Å². The molecule has 0 amide bonds. The van der Waals surface area contributed by atoms with Crippen LogP contribution in [0.1, 0.15) is 6.92 Å². The summed E-state index contributed by atoms with van der Waals surface area (Å²) < 4.78 is 0.959. The van der Waals surface area contributed by atoms with Gasteiger partial charge in [0.2, 0.25) is 0 Å². The van der Waals surface area contributed by atoms with Crippen LogP contribution >= 0.6 is 15.9 Å². The van der Waals surface area contributed by atoms with Crippen molar-refractivity contribution in [1.29, 1.82) is 0 Å². The van der Waals surface area contributed by atoms with E-state index in [-0.39, 0.29) is 0 Å². The molecule has 1 aromatic carbocycles. The van der Waals surface area contributed by atoms with Crippen LogP contribution in [0.15, 0.2) is 47.3 Å². The van der Waals surface area contributed by atoms with Gasteiger partial charge in [0.25, 0.3) is 0 Å². The Hall–Kier alpha value is -2.21. The van der Waals surface area contributed by atoms with E-state index in [4.69, 9.17) is 0 Å². The molecule has 0 saturated carbocycles. The molecule has 0 saturated heterocycles. The van der Waals surface area contributed by atoms with Crippen LogP contribution in [0.25, 0.3) is 10.9 Å². The first-order valence-corrected chi connectivity index (χ1v) is 7.43. The highest BCUT2D eigenvalue weighted by molar-refractivity contribution is 9.10. The average molecular weight is 344 g/mol. The number of aromatic nitrogens is 3. The Morgan fingerprint density at radius 2 is 2.00 bits per heavy atom. The topological polar surface area (TPSA) is 62.7 Å². The molecule has 0 spiro atoms. The maximum atomic E-state index is 4.46. The van der Waals surface area contributed by atoms with Crippen molar-refractivity contribution in [3.63, 3.8) is 0 Å². The first kappa shape index (κ1) is 13.8. The minimum Gasteiger partial charge on any atom is -0.369 e. The van der Waals surface area contributed by atoms with Gasteiger partial charge in [-0.25, -0.2) is 4.98 Å². The van der Waals surface area contributed by atoms with Gasteiger partial charge in [-0.15, -0.1) is 0 Å². The normalized spacial score (nSPS) is 10.6. The van der Waals surface area contributed by atoms with E-state index in [0.717, 1.165) is 33.4 Å². The summed E-state index contributed by atoms with van der Waals surface area (Å²) in [5.74, 6) is 1.43. The monoisotopic (exact) mass is 343 g/mol. The third kappa shape index (κ3) is 3.11. The second-order valence-corrected chi connectivity index (χ2v) is 5.39. The Bertz CT molecular complexity index is 775. The molecule has 21 heavy (non-hydrogen) atoms. The molecule has 6 heteroatoms. The van der Waals surface area contributed by atoms with E-state index in [1.165, 1.54) is 0 Å². The fourth-order valence-corrected chi connectivity index (χ4v) is 2.41. The van der Waals surface area contributed by atoms with Gasteiger partial charge in [-0.3, -0.25) is 9.97 Å². The number of para-hydroxylation sites is 1. The first-order valence-electron chi connectivity index (χ1n) is 6.63. The number of halogens is 1. The fraction of sp³-hybridized carbons (Fsp3) is 0.133. The van der Waals surface area contributed by atoms with Gasteiger partial charge in [-0.2, -0.15) is 0 Å². The summed E-state index contributed by atoms with van der Waals surface area (Å²) in [6.45, 7) is 2.83. The molecule has 0 bridgehead atoms. The predicted molar refractivity (Wildman–Crippen MR) is 88.9 cm³/mol. The fourth-order valence-electron chi connectivity index (χ4n) is 2.07. The van der Waals surface area contributed by atoms with Crippen LogP contribution in [0.2, 0.25) is 0 Å². The van der Waals surface area contributed by atoms with E-state index in [1.54, 1.807) is 18.6 Å². The molecule has 0 radical (unpaired) electrons. The van der Waals surface area contributed by atoms with Crippen LogP contribution in [0.3, 0.4) is 0 Å². The van der Waals surface area contributed by atoms with Crippen molar-refractivity contribution in [3.05, 3.63) is 47.3 Å². The number of anilines is 3. The number of hydrogen-bond donors (Lipinski definition) is 2. The van der Waals surface area contributed by atoms with Crippen molar-refractivity contribution in [2.75, 3.05) is 17.2 Å². The van der Waals surface area contributed by atoms with Crippen LogP contribution in [-0.2, 0) is 0 Å². The summed E-state index contributed by atoms with van der Waals surface area (Å²) in [5.41, 5.74) is 1.80. The van der Waals surface area contributed by atoms with Crippen molar-refractivity contribution < 1.29 is 0 Å². The number of fused-ring (bicyclic) bond motifs is 1. The Morgan fingerprint density at radius 3 is 2.86 bits per heavy atom. The predicted octanol–water partition coefficient (Wildman–Crippen LogP) is 3.96. The van der Waals surface area contributed by atoms with Crippen LogP contribution < -0.4 is 10.6 Å². The molecule has 0 aliphatic rings. The third-order valence-electron chi connectivity index (χ3n) is 2.93. The Kier molecular flexibility index (Phi) is 3.96. The molecule has 2 aromatic heterocycles. The van der Waals surface area contributed by atoms with Gasteiger partial charge in [-0.1, -0.05) is 12.1 Å². The molecule has 2 N–H and O–H groups in total. The maximum absolute atomic E-state index is 4.46. The van der Waals surface area contributed by atoms with Crippen molar-refractivity contribution in [1.82, 2.24) is 15.0 Å². The van der Waals surface area contributed by atoms with E-state index in [1.807, 2.05) is 31.2 Å². The summed E-state index contributed by atoms with van der Waals surface area (Å²) in [6, 6.07) is 8.03. The largest absolute Gasteiger partial charge is 0.369 e. The molecular formula is C15H14BrN5. The van der Waals surface area contributed by atoms with Gasteiger partial charge < -0.3 is 10.6 Å². The molecule has 0 fully saturated rings. The van der Waals surface area contributed by atoms with Gasteiger partial charge in [0.05, 0.1) is 23.6 Å². The Morgan fingerprint density at radius 1 is 1.14 bits per heavy atom. The van der Waals surface area contributed by atoms with Crippen molar-refractivity contribution in [2.24, 2.45) is 0 Å². The lowest BCUT2D eigenvalue weighted by atomic mass is 10.2. The second kappa shape index (κ2) is 6.05. The maximum Gasteiger partial charge on any atom is 0.151 e. The number of benzene rings is 1. The Labute approximate surface area is 131 Å². The Balaban J connectivity index is 1.96. The molecule has 2 heterocycles. The number of nitrogens with zero attached hydrogens (tertiary/aromatic N) is 3.